The van der Waals surface area contributed by atoms with Crippen LogP contribution in [0.2, 0.25) is 0 Å². The smallest absolute Gasteiger partial charge is 0.143 e. The van der Waals surface area contributed by atoms with E-state index in [0.29, 0.717) is 0 Å². The molecule has 268 valence electrons. The van der Waals surface area contributed by atoms with E-state index < -0.39 is 0 Å². The van der Waals surface area contributed by atoms with Gasteiger partial charge in [-0.15, -0.1) is 11.3 Å². The summed E-state index contributed by atoms with van der Waals surface area (Å²) < 4.78 is 9.15. The predicted octanol–water partition coefficient (Wildman–Crippen LogP) is 16.1. The lowest BCUT2D eigenvalue weighted by Crippen LogP contribution is -2.10. The summed E-state index contributed by atoms with van der Waals surface area (Å²) in [6.45, 7) is 0. The SMILES string of the molecule is c1ccc(-c2ccccc2-c2ccc(N(c3ccc(-c4cccc5c4oc4ccccc45)c(-c4ccccc4)c3)c3ccc4c(c3)sc3ccccc34)cc2)cc1. The second kappa shape index (κ2) is 13.8. The highest BCUT2D eigenvalue weighted by Gasteiger charge is 2.20. The van der Waals surface area contributed by atoms with Crippen LogP contribution in [0.3, 0.4) is 0 Å². The zero-order valence-corrected chi connectivity index (χ0v) is 31.8. The lowest BCUT2D eigenvalue weighted by molar-refractivity contribution is 0.670. The standard InChI is InChI=1S/C54H35NOS/c1-3-14-36(15-4-1)42-18-7-8-19-43(42)38-26-28-39(29-27-38)55(41-31-33-47-46-21-10-12-25-52(46)57-53(47)35-41)40-30-32-44(50(34-40)37-16-5-2-6-17-37)48-22-13-23-49-45-20-9-11-24-51(45)56-54(48)49/h1-35H. The highest BCUT2D eigenvalue weighted by Crippen LogP contribution is 2.46. The van der Waals surface area contributed by atoms with E-state index in [2.05, 4.69) is 211 Å². The Hall–Kier alpha value is -7.20. The Morgan fingerprint density at radius 1 is 0.316 bits per heavy atom. The number of hydrogen-bond donors (Lipinski definition) is 0. The van der Waals surface area contributed by atoms with Gasteiger partial charge in [-0.2, -0.15) is 0 Å². The third-order valence-electron chi connectivity index (χ3n) is 11.1. The van der Waals surface area contributed by atoms with Gasteiger partial charge in [0.1, 0.15) is 11.2 Å². The molecule has 0 radical (unpaired) electrons. The van der Waals surface area contributed by atoms with Gasteiger partial charge in [0, 0.05) is 53.6 Å². The fraction of sp³-hybridized carbons (Fsp3) is 0. The first-order valence-electron chi connectivity index (χ1n) is 19.3. The van der Waals surface area contributed by atoms with Crippen molar-refractivity contribution in [2.24, 2.45) is 0 Å². The molecule has 0 fully saturated rings. The summed E-state index contributed by atoms with van der Waals surface area (Å²) >= 11 is 1.85. The van der Waals surface area contributed by atoms with Crippen LogP contribution in [0, 0.1) is 0 Å². The number of rotatable bonds is 7. The summed E-state index contributed by atoms with van der Waals surface area (Å²) in [5.41, 5.74) is 14.4. The molecule has 9 aromatic carbocycles. The van der Waals surface area contributed by atoms with Crippen molar-refractivity contribution in [3.63, 3.8) is 0 Å². The second-order valence-electron chi connectivity index (χ2n) is 14.4. The van der Waals surface area contributed by atoms with Crippen molar-refractivity contribution in [3.8, 4) is 44.5 Å². The quantitative estimate of drug-likeness (QED) is 0.162. The highest BCUT2D eigenvalue weighted by atomic mass is 32.1. The molecular formula is C54H35NOS. The Balaban J connectivity index is 1.10. The molecule has 57 heavy (non-hydrogen) atoms. The van der Waals surface area contributed by atoms with Crippen LogP contribution in [0.1, 0.15) is 0 Å². The van der Waals surface area contributed by atoms with Gasteiger partial charge in [0.05, 0.1) is 0 Å². The molecule has 0 aliphatic heterocycles. The van der Waals surface area contributed by atoms with E-state index in [1.807, 2.05) is 17.4 Å². The number of para-hydroxylation sites is 2. The number of anilines is 3. The van der Waals surface area contributed by atoms with Crippen molar-refractivity contribution >= 4 is 70.5 Å². The molecule has 0 saturated carbocycles. The van der Waals surface area contributed by atoms with Crippen LogP contribution >= 0.6 is 11.3 Å². The Bertz CT molecular complexity index is 3230. The molecule has 0 aliphatic rings. The van der Waals surface area contributed by atoms with Gasteiger partial charge in [-0.05, 0) is 87.5 Å². The van der Waals surface area contributed by atoms with Crippen LogP contribution in [-0.2, 0) is 0 Å². The Labute approximate surface area is 335 Å². The van der Waals surface area contributed by atoms with E-state index in [1.165, 1.54) is 42.4 Å². The Morgan fingerprint density at radius 2 is 0.860 bits per heavy atom. The third kappa shape index (κ3) is 5.80. The minimum absolute atomic E-state index is 0.899. The number of thiophene rings is 1. The summed E-state index contributed by atoms with van der Waals surface area (Å²) in [5, 5.41) is 4.84. The van der Waals surface area contributed by atoms with Crippen molar-refractivity contribution in [2.45, 2.75) is 0 Å². The molecule has 0 unspecified atom stereocenters. The van der Waals surface area contributed by atoms with Gasteiger partial charge in [0.2, 0.25) is 0 Å². The summed E-state index contributed by atoms with van der Waals surface area (Å²) in [7, 11) is 0. The van der Waals surface area contributed by atoms with Crippen LogP contribution in [-0.4, -0.2) is 0 Å². The number of hydrogen-bond acceptors (Lipinski definition) is 3. The second-order valence-corrected chi connectivity index (χ2v) is 15.5. The maximum absolute atomic E-state index is 6.59. The number of fused-ring (bicyclic) bond motifs is 6. The first-order chi connectivity index (χ1) is 28.3. The molecule has 2 aromatic heterocycles. The molecule has 0 atom stereocenters. The van der Waals surface area contributed by atoms with Gasteiger partial charge in [0.25, 0.3) is 0 Å². The monoisotopic (exact) mass is 745 g/mol. The van der Waals surface area contributed by atoms with Gasteiger partial charge in [-0.25, -0.2) is 0 Å². The first-order valence-corrected chi connectivity index (χ1v) is 20.1. The fourth-order valence-corrected chi connectivity index (χ4v) is 9.56. The average Bonchev–Trinajstić information content (AvgIpc) is 3.86. The van der Waals surface area contributed by atoms with Crippen molar-refractivity contribution in [1.82, 2.24) is 0 Å². The molecule has 11 aromatic rings. The third-order valence-corrected chi connectivity index (χ3v) is 12.2. The van der Waals surface area contributed by atoms with E-state index in [4.69, 9.17) is 4.42 Å². The van der Waals surface area contributed by atoms with E-state index in [9.17, 15) is 0 Å². The summed E-state index contributed by atoms with van der Waals surface area (Å²) in [6.07, 6.45) is 0. The van der Waals surface area contributed by atoms with Gasteiger partial charge in [-0.1, -0.05) is 164 Å². The molecule has 2 nitrogen and oxygen atoms in total. The number of furan rings is 1. The summed E-state index contributed by atoms with van der Waals surface area (Å²) in [5.74, 6) is 0. The molecule has 0 N–H and O–H groups in total. The van der Waals surface area contributed by atoms with Crippen molar-refractivity contribution in [3.05, 3.63) is 212 Å². The molecule has 0 aliphatic carbocycles. The topological polar surface area (TPSA) is 16.4 Å². The highest BCUT2D eigenvalue weighted by molar-refractivity contribution is 7.25. The normalized spacial score (nSPS) is 11.5. The largest absolute Gasteiger partial charge is 0.455 e. The van der Waals surface area contributed by atoms with E-state index in [0.717, 1.165) is 61.3 Å². The van der Waals surface area contributed by atoms with Crippen molar-refractivity contribution < 1.29 is 4.42 Å². The van der Waals surface area contributed by atoms with Crippen LogP contribution in [0.15, 0.2) is 217 Å². The minimum atomic E-state index is 0.899. The molecule has 11 rings (SSSR count). The Morgan fingerprint density at radius 3 is 1.63 bits per heavy atom. The average molecular weight is 746 g/mol. The maximum atomic E-state index is 6.59. The minimum Gasteiger partial charge on any atom is -0.455 e. The molecule has 0 bridgehead atoms. The summed E-state index contributed by atoms with van der Waals surface area (Å²) in [6, 6.07) is 76.4. The molecule has 0 saturated heterocycles. The Kier molecular flexibility index (Phi) is 8.04. The number of benzene rings is 9. The molecule has 3 heteroatoms. The lowest BCUT2D eigenvalue weighted by Gasteiger charge is -2.27. The zero-order valence-electron chi connectivity index (χ0n) is 31.0. The summed E-state index contributed by atoms with van der Waals surface area (Å²) in [4.78, 5) is 2.40. The van der Waals surface area contributed by atoms with E-state index in [-0.39, 0.29) is 0 Å². The predicted molar refractivity (Wildman–Crippen MR) is 243 cm³/mol. The van der Waals surface area contributed by atoms with Crippen LogP contribution in [0.4, 0.5) is 17.1 Å². The van der Waals surface area contributed by atoms with Crippen molar-refractivity contribution in [2.75, 3.05) is 4.90 Å². The van der Waals surface area contributed by atoms with Crippen LogP contribution in [0.25, 0.3) is 86.6 Å². The molecular weight excluding hydrogens is 711 g/mol. The van der Waals surface area contributed by atoms with E-state index in [1.54, 1.807) is 0 Å². The van der Waals surface area contributed by atoms with E-state index >= 15 is 0 Å². The molecule has 2 heterocycles. The van der Waals surface area contributed by atoms with Crippen molar-refractivity contribution in [1.29, 1.82) is 0 Å². The lowest BCUT2D eigenvalue weighted by atomic mass is 9.92. The van der Waals surface area contributed by atoms with Crippen LogP contribution < -0.4 is 4.90 Å². The number of nitrogens with zero attached hydrogens (tertiary/aromatic N) is 1. The molecule has 0 amide bonds. The first kappa shape index (κ1) is 33.2. The van der Waals surface area contributed by atoms with Gasteiger partial charge >= 0.3 is 0 Å². The van der Waals surface area contributed by atoms with Crippen LogP contribution in [0.5, 0.6) is 0 Å². The van der Waals surface area contributed by atoms with Gasteiger partial charge < -0.3 is 9.32 Å². The molecule has 0 spiro atoms. The zero-order chi connectivity index (χ0) is 37.7. The van der Waals surface area contributed by atoms with Gasteiger partial charge in [-0.3, -0.25) is 0 Å². The fourth-order valence-electron chi connectivity index (χ4n) is 8.42. The maximum Gasteiger partial charge on any atom is 0.143 e. The van der Waals surface area contributed by atoms with Gasteiger partial charge in [0.15, 0.2) is 0 Å².